The van der Waals surface area contributed by atoms with Crippen LogP contribution >= 0.6 is 71.0 Å². The first-order valence-corrected chi connectivity index (χ1v) is 17.2. The van der Waals surface area contributed by atoms with E-state index >= 15 is 0 Å². The second kappa shape index (κ2) is 15.4. The van der Waals surface area contributed by atoms with Crippen molar-refractivity contribution >= 4 is 76.8 Å². The van der Waals surface area contributed by atoms with Gasteiger partial charge in [0.2, 0.25) is 0 Å². The summed E-state index contributed by atoms with van der Waals surface area (Å²) in [4.78, 5) is 11.0. The van der Waals surface area contributed by atoms with Gasteiger partial charge in [-0.05, 0) is 116 Å². The van der Waals surface area contributed by atoms with Gasteiger partial charge in [-0.25, -0.2) is 0 Å². The van der Waals surface area contributed by atoms with Gasteiger partial charge in [-0.2, -0.15) is 0 Å². The van der Waals surface area contributed by atoms with Crippen molar-refractivity contribution in [3.63, 3.8) is 0 Å². The van der Waals surface area contributed by atoms with Crippen molar-refractivity contribution in [2.75, 3.05) is 0 Å². The molecule has 45 heavy (non-hydrogen) atoms. The third kappa shape index (κ3) is 9.74. The molecule has 1 N–H and O–H groups in total. The van der Waals surface area contributed by atoms with Crippen LogP contribution in [-0.4, -0.2) is 10.9 Å². The zero-order valence-corrected chi connectivity index (χ0v) is 30.9. The fourth-order valence-corrected chi connectivity index (χ4v) is 5.72. The lowest BCUT2D eigenvalue weighted by molar-refractivity contribution is -0.110. The van der Waals surface area contributed by atoms with Crippen LogP contribution < -0.4 is 0 Å². The Kier molecular flexibility index (Phi) is 12.1. The lowest BCUT2D eigenvalue weighted by Gasteiger charge is -2.32. The second-order valence-corrected chi connectivity index (χ2v) is 14.7. The van der Waals surface area contributed by atoms with E-state index in [1.54, 1.807) is 12.2 Å². The summed E-state index contributed by atoms with van der Waals surface area (Å²) in [5.74, 6) is 0.0430. The smallest absolute Gasteiger partial charge is 0.178 e. The third-order valence-electron chi connectivity index (χ3n) is 7.60. The van der Waals surface area contributed by atoms with Gasteiger partial charge in [0, 0.05) is 34.3 Å². The number of allylic oxidation sites excluding steroid dienone is 6. The molecule has 230 valence electrons. The lowest BCUT2D eigenvalue weighted by atomic mass is 9.75. The van der Waals surface area contributed by atoms with Gasteiger partial charge in [0.05, 0.1) is 0 Å². The SMILES string of the molecule is Brc1ccc(Br)cc1.CC1(c2ccc(Cl)cc2)C=CC(=O)C=C1.CC1(c2ccc(Cl)cc2)C=CC(O)(c2ccc(Br)cc2)C=C1. The molecule has 6 rings (SSSR count). The number of halogens is 5. The monoisotopic (exact) mass is 826 g/mol. The molecular formula is C38H31Br3Cl2O2. The quantitative estimate of drug-likeness (QED) is 0.209. The highest BCUT2D eigenvalue weighted by Gasteiger charge is 2.31. The Bertz CT molecular complexity index is 1610. The standard InChI is InChI=1S/C19H16BrClO.C13H11ClO.C6H4Br2/c1-18(14-4-8-17(21)9-5-14)10-12-19(22,13-11-18)15-2-6-16(20)7-3-15;1-13(8-6-12(15)7-9-13)10-2-4-11(14)5-3-10;7-5-1-2-6(8)4-3-5/h2-13,22H,1H3;2-9H,1H3;1-4H. The van der Waals surface area contributed by atoms with Crippen LogP contribution in [-0.2, 0) is 21.2 Å². The van der Waals surface area contributed by atoms with Crippen molar-refractivity contribution in [2.24, 2.45) is 0 Å². The summed E-state index contributed by atoms with van der Waals surface area (Å²) in [6, 6.07) is 31.2. The van der Waals surface area contributed by atoms with Gasteiger partial charge in [0.25, 0.3) is 0 Å². The molecule has 0 saturated heterocycles. The number of aliphatic hydroxyl groups is 1. The highest BCUT2D eigenvalue weighted by molar-refractivity contribution is 9.11. The predicted octanol–water partition coefficient (Wildman–Crippen LogP) is 11.9. The first kappa shape index (κ1) is 35.3. The van der Waals surface area contributed by atoms with Gasteiger partial charge < -0.3 is 5.11 Å². The van der Waals surface area contributed by atoms with Crippen LogP contribution in [0.25, 0.3) is 0 Å². The summed E-state index contributed by atoms with van der Waals surface area (Å²) in [5.41, 5.74) is 1.62. The molecular weight excluding hydrogens is 799 g/mol. The van der Waals surface area contributed by atoms with Gasteiger partial charge in [0.15, 0.2) is 5.78 Å². The van der Waals surface area contributed by atoms with E-state index in [1.165, 1.54) is 0 Å². The molecule has 2 nitrogen and oxygen atoms in total. The van der Waals surface area contributed by atoms with Gasteiger partial charge in [-0.1, -0.05) is 132 Å². The fourth-order valence-electron chi connectivity index (χ4n) is 4.67. The van der Waals surface area contributed by atoms with E-state index in [0.29, 0.717) is 0 Å². The molecule has 0 radical (unpaired) electrons. The van der Waals surface area contributed by atoms with Gasteiger partial charge in [-0.3, -0.25) is 4.79 Å². The van der Waals surface area contributed by atoms with Crippen molar-refractivity contribution in [1.82, 2.24) is 0 Å². The maximum Gasteiger partial charge on any atom is 0.178 e. The molecule has 4 aromatic rings. The highest BCUT2D eigenvalue weighted by atomic mass is 79.9. The van der Waals surface area contributed by atoms with E-state index in [4.69, 9.17) is 23.2 Å². The van der Waals surface area contributed by atoms with Crippen molar-refractivity contribution in [2.45, 2.75) is 30.3 Å². The average molecular weight is 830 g/mol. The van der Waals surface area contributed by atoms with Crippen LogP contribution in [0.1, 0.15) is 30.5 Å². The Morgan fingerprint density at radius 2 is 0.800 bits per heavy atom. The summed E-state index contributed by atoms with van der Waals surface area (Å²) >= 11 is 21.8. The Morgan fingerprint density at radius 3 is 1.18 bits per heavy atom. The number of hydrogen-bond donors (Lipinski definition) is 1. The first-order chi connectivity index (χ1) is 21.3. The Balaban J connectivity index is 0.000000172. The van der Waals surface area contributed by atoms with Crippen molar-refractivity contribution in [3.05, 3.63) is 186 Å². The van der Waals surface area contributed by atoms with E-state index < -0.39 is 5.60 Å². The fraction of sp³-hybridized carbons (Fsp3) is 0.132. The van der Waals surface area contributed by atoms with Crippen LogP contribution in [0.3, 0.4) is 0 Å². The number of rotatable bonds is 3. The van der Waals surface area contributed by atoms with Crippen LogP contribution in [0.5, 0.6) is 0 Å². The molecule has 0 atom stereocenters. The summed E-state index contributed by atoms with van der Waals surface area (Å²) in [6.45, 7) is 4.18. The zero-order valence-electron chi connectivity index (χ0n) is 24.6. The van der Waals surface area contributed by atoms with Gasteiger partial charge in [-0.15, -0.1) is 0 Å². The van der Waals surface area contributed by atoms with Crippen molar-refractivity contribution in [1.29, 1.82) is 0 Å². The Morgan fingerprint density at radius 1 is 0.489 bits per heavy atom. The summed E-state index contributed by atoms with van der Waals surface area (Å²) < 4.78 is 3.22. The summed E-state index contributed by atoms with van der Waals surface area (Å²) in [6.07, 6.45) is 14.8. The number of ketones is 1. The van der Waals surface area contributed by atoms with Crippen LogP contribution in [0.15, 0.2) is 159 Å². The maximum absolute atomic E-state index is 11.0. The molecule has 0 unspecified atom stereocenters. The third-order valence-corrected chi connectivity index (χ3v) is 9.69. The van der Waals surface area contributed by atoms with E-state index in [1.807, 2.05) is 134 Å². The molecule has 0 aromatic heterocycles. The molecule has 0 bridgehead atoms. The Labute approximate surface area is 300 Å². The molecule has 0 fully saturated rings. The molecule has 0 heterocycles. The molecule has 2 aliphatic rings. The minimum Gasteiger partial charge on any atom is -0.377 e. The number of carbonyl (C=O) groups is 1. The number of benzene rings is 4. The second-order valence-electron chi connectivity index (χ2n) is 11.1. The molecule has 4 aromatic carbocycles. The molecule has 0 amide bonds. The zero-order chi connectivity index (χ0) is 32.7. The van der Waals surface area contributed by atoms with Crippen LogP contribution in [0.4, 0.5) is 0 Å². The van der Waals surface area contributed by atoms with E-state index in [0.717, 1.165) is 40.2 Å². The largest absolute Gasteiger partial charge is 0.377 e. The number of hydrogen-bond acceptors (Lipinski definition) is 2. The van der Waals surface area contributed by atoms with Crippen LogP contribution in [0.2, 0.25) is 10.0 Å². The summed E-state index contributed by atoms with van der Waals surface area (Å²) in [5, 5.41) is 12.3. The van der Waals surface area contributed by atoms with Crippen LogP contribution in [0, 0.1) is 0 Å². The topological polar surface area (TPSA) is 37.3 Å². The molecule has 0 saturated carbocycles. The van der Waals surface area contributed by atoms with E-state index in [2.05, 4.69) is 61.6 Å². The van der Waals surface area contributed by atoms with Gasteiger partial charge >= 0.3 is 0 Å². The highest BCUT2D eigenvalue weighted by Crippen LogP contribution is 2.37. The average Bonchev–Trinajstić information content (AvgIpc) is 3.03. The van der Waals surface area contributed by atoms with Crippen molar-refractivity contribution in [3.8, 4) is 0 Å². The maximum atomic E-state index is 11.0. The molecule has 0 spiro atoms. The number of carbonyl (C=O) groups excluding carboxylic acids is 1. The van der Waals surface area contributed by atoms with Crippen molar-refractivity contribution < 1.29 is 9.90 Å². The summed E-state index contributed by atoms with van der Waals surface area (Å²) in [7, 11) is 0. The molecule has 2 aliphatic carbocycles. The van der Waals surface area contributed by atoms with E-state index in [-0.39, 0.29) is 16.6 Å². The van der Waals surface area contributed by atoms with E-state index in [9.17, 15) is 9.90 Å². The van der Waals surface area contributed by atoms with Gasteiger partial charge in [0.1, 0.15) is 5.60 Å². The lowest BCUT2D eigenvalue weighted by Crippen LogP contribution is -2.28. The molecule has 0 aliphatic heterocycles. The first-order valence-electron chi connectivity index (χ1n) is 14.1. The normalized spacial score (nSPS) is 20.9. The predicted molar refractivity (Wildman–Crippen MR) is 199 cm³/mol. The minimum atomic E-state index is -1.06. The molecule has 7 heteroatoms. The Hall–Kier alpha value is -2.51. The minimum absolute atomic E-state index is 0.0430.